The van der Waals surface area contributed by atoms with Gasteiger partial charge in [-0.05, 0) is 23.1 Å². The SMILES string of the molecule is CC(C)c1ccc(CNS(=O)(=O)c2cnccc2Cl)cc1. The van der Waals surface area contributed by atoms with Crippen LogP contribution in [0.3, 0.4) is 0 Å². The van der Waals surface area contributed by atoms with Crippen molar-refractivity contribution < 1.29 is 8.42 Å². The number of rotatable bonds is 5. The molecule has 0 unspecified atom stereocenters. The van der Waals surface area contributed by atoms with E-state index >= 15 is 0 Å². The molecular weight excluding hydrogens is 308 g/mol. The van der Waals surface area contributed by atoms with Crippen LogP contribution in [0.1, 0.15) is 30.9 Å². The second-order valence-corrected chi connectivity index (χ2v) is 7.17. The molecule has 0 amide bonds. The maximum Gasteiger partial charge on any atom is 0.243 e. The molecule has 0 aliphatic carbocycles. The van der Waals surface area contributed by atoms with Crippen molar-refractivity contribution in [2.24, 2.45) is 0 Å². The molecule has 4 nitrogen and oxygen atoms in total. The minimum atomic E-state index is -3.66. The Labute approximate surface area is 130 Å². The van der Waals surface area contributed by atoms with Crippen LogP contribution in [0.25, 0.3) is 0 Å². The second kappa shape index (κ2) is 6.56. The van der Waals surface area contributed by atoms with E-state index in [-0.39, 0.29) is 16.5 Å². The Morgan fingerprint density at radius 3 is 2.43 bits per heavy atom. The van der Waals surface area contributed by atoms with Crippen molar-refractivity contribution in [3.63, 3.8) is 0 Å². The van der Waals surface area contributed by atoms with Crippen molar-refractivity contribution in [2.45, 2.75) is 31.2 Å². The Kier molecular flexibility index (Phi) is 4.98. The van der Waals surface area contributed by atoms with Crippen LogP contribution >= 0.6 is 11.6 Å². The third-order valence-corrected chi connectivity index (χ3v) is 5.01. The highest BCUT2D eigenvalue weighted by atomic mass is 35.5. The molecule has 2 rings (SSSR count). The lowest BCUT2D eigenvalue weighted by atomic mass is 10.0. The fourth-order valence-corrected chi connectivity index (χ4v) is 3.28. The highest BCUT2D eigenvalue weighted by Gasteiger charge is 2.17. The quantitative estimate of drug-likeness (QED) is 0.917. The third kappa shape index (κ3) is 4.03. The maximum atomic E-state index is 12.2. The predicted octanol–water partition coefficient (Wildman–Crippen LogP) is 3.34. The summed E-state index contributed by atoms with van der Waals surface area (Å²) in [6, 6.07) is 9.30. The molecular formula is C15H17ClN2O2S. The highest BCUT2D eigenvalue weighted by molar-refractivity contribution is 7.89. The molecule has 21 heavy (non-hydrogen) atoms. The number of halogens is 1. The summed E-state index contributed by atoms with van der Waals surface area (Å²) in [5, 5.41) is 0.160. The first-order valence-corrected chi connectivity index (χ1v) is 8.44. The van der Waals surface area contributed by atoms with E-state index in [2.05, 4.69) is 23.6 Å². The third-order valence-electron chi connectivity index (χ3n) is 3.14. The van der Waals surface area contributed by atoms with Crippen LogP contribution in [0.4, 0.5) is 0 Å². The molecule has 0 atom stereocenters. The monoisotopic (exact) mass is 324 g/mol. The van der Waals surface area contributed by atoms with Gasteiger partial charge >= 0.3 is 0 Å². The van der Waals surface area contributed by atoms with Crippen LogP contribution in [0.15, 0.2) is 47.6 Å². The molecule has 112 valence electrons. The van der Waals surface area contributed by atoms with Crippen LogP contribution in [0.2, 0.25) is 5.02 Å². The average molecular weight is 325 g/mol. The molecule has 0 radical (unpaired) electrons. The standard InChI is InChI=1S/C15H17ClN2O2S/c1-11(2)13-5-3-12(4-6-13)9-18-21(19,20)15-10-17-8-7-14(15)16/h3-8,10-11,18H,9H2,1-2H3. The lowest BCUT2D eigenvalue weighted by Crippen LogP contribution is -2.23. The highest BCUT2D eigenvalue weighted by Crippen LogP contribution is 2.19. The second-order valence-electron chi connectivity index (χ2n) is 5.03. The van der Waals surface area contributed by atoms with E-state index in [9.17, 15) is 8.42 Å². The van der Waals surface area contributed by atoms with Gasteiger partial charge < -0.3 is 0 Å². The fraction of sp³-hybridized carbons (Fsp3) is 0.267. The smallest absolute Gasteiger partial charge is 0.243 e. The number of nitrogens with zero attached hydrogens (tertiary/aromatic N) is 1. The number of aromatic nitrogens is 1. The van der Waals surface area contributed by atoms with Gasteiger partial charge in [-0.3, -0.25) is 4.98 Å². The van der Waals surface area contributed by atoms with Gasteiger partial charge in [0.05, 0.1) is 5.02 Å². The topological polar surface area (TPSA) is 59.1 Å². The lowest BCUT2D eigenvalue weighted by molar-refractivity contribution is 0.581. The Hall–Kier alpha value is -1.43. The van der Waals surface area contributed by atoms with E-state index in [0.717, 1.165) is 5.56 Å². The summed E-state index contributed by atoms with van der Waals surface area (Å²) in [4.78, 5) is 3.79. The normalized spacial score (nSPS) is 11.8. The van der Waals surface area contributed by atoms with Gasteiger partial charge in [0, 0.05) is 18.9 Å². The van der Waals surface area contributed by atoms with Gasteiger partial charge in [0.1, 0.15) is 4.90 Å². The van der Waals surface area contributed by atoms with Crippen molar-refractivity contribution in [1.82, 2.24) is 9.71 Å². The molecule has 0 aliphatic rings. The maximum absolute atomic E-state index is 12.2. The van der Waals surface area contributed by atoms with Crippen molar-refractivity contribution >= 4 is 21.6 Å². The number of pyridine rings is 1. The Morgan fingerprint density at radius 1 is 1.19 bits per heavy atom. The molecule has 0 spiro atoms. The number of hydrogen-bond donors (Lipinski definition) is 1. The van der Waals surface area contributed by atoms with E-state index in [1.54, 1.807) is 0 Å². The zero-order chi connectivity index (χ0) is 15.5. The van der Waals surface area contributed by atoms with Gasteiger partial charge in [-0.2, -0.15) is 0 Å². The van der Waals surface area contributed by atoms with Crippen LogP contribution in [-0.4, -0.2) is 13.4 Å². The van der Waals surface area contributed by atoms with Crippen LogP contribution in [0, 0.1) is 0 Å². The van der Waals surface area contributed by atoms with E-state index in [1.807, 2.05) is 24.3 Å². The molecule has 1 aromatic heterocycles. The van der Waals surface area contributed by atoms with Crippen LogP contribution in [-0.2, 0) is 16.6 Å². The first kappa shape index (κ1) is 15.9. The molecule has 1 aromatic carbocycles. The van der Waals surface area contributed by atoms with Crippen LogP contribution < -0.4 is 4.72 Å². The summed E-state index contributed by atoms with van der Waals surface area (Å²) in [6.07, 6.45) is 2.69. The van der Waals surface area contributed by atoms with E-state index in [4.69, 9.17) is 11.6 Å². The number of sulfonamides is 1. The molecule has 0 bridgehead atoms. The summed E-state index contributed by atoms with van der Waals surface area (Å²) in [5.74, 6) is 0.449. The van der Waals surface area contributed by atoms with Gasteiger partial charge in [-0.1, -0.05) is 49.7 Å². The van der Waals surface area contributed by atoms with E-state index in [0.29, 0.717) is 5.92 Å². The molecule has 0 saturated carbocycles. The minimum Gasteiger partial charge on any atom is -0.263 e. The van der Waals surface area contributed by atoms with Gasteiger partial charge in [0.2, 0.25) is 10.0 Å². The summed E-state index contributed by atoms with van der Waals surface area (Å²) >= 11 is 5.89. The number of hydrogen-bond acceptors (Lipinski definition) is 3. The van der Waals surface area contributed by atoms with E-state index in [1.165, 1.54) is 24.0 Å². The van der Waals surface area contributed by atoms with Crippen molar-refractivity contribution in [1.29, 1.82) is 0 Å². The number of benzene rings is 1. The van der Waals surface area contributed by atoms with Crippen molar-refractivity contribution in [2.75, 3.05) is 0 Å². The zero-order valence-electron chi connectivity index (χ0n) is 11.9. The zero-order valence-corrected chi connectivity index (χ0v) is 13.4. The van der Waals surface area contributed by atoms with Gasteiger partial charge in [-0.15, -0.1) is 0 Å². The molecule has 2 aromatic rings. The predicted molar refractivity (Wildman–Crippen MR) is 83.8 cm³/mol. The number of nitrogens with one attached hydrogen (secondary N) is 1. The summed E-state index contributed by atoms with van der Waals surface area (Å²) in [5.41, 5.74) is 2.11. The van der Waals surface area contributed by atoms with Crippen molar-refractivity contribution in [3.05, 3.63) is 58.9 Å². The molecule has 0 fully saturated rings. The minimum absolute atomic E-state index is 0.00883. The summed E-state index contributed by atoms with van der Waals surface area (Å²) in [6.45, 7) is 4.44. The summed E-state index contributed by atoms with van der Waals surface area (Å²) in [7, 11) is -3.66. The van der Waals surface area contributed by atoms with Crippen LogP contribution in [0.5, 0.6) is 0 Å². The lowest BCUT2D eigenvalue weighted by Gasteiger charge is -2.09. The first-order valence-electron chi connectivity index (χ1n) is 6.58. The van der Waals surface area contributed by atoms with Crippen molar-refractivity contribution in [3.8, 4) is 0 Å². The molecule has 1 N–H and O–H groups in total. The Balaban J connectivity index is 2.10. The van der Waals surface area contributed by atoms with E-state index < -0.39 is 10.0 Å². The molecule has 6 heteroatoms. The fourth-order valence-electron chi connectivity index (χ4n) is 1.84. The summed E-state index contributed by atoms with van der Waals surface area (Å²) < 4.78 is 26.9. The largest absolute Gasteiger partial charge is 0.263 e. The Morgan fingerprint density at radius 2 is 1.86 bits per heavy atom. The molecule has 0 saturated heterocycles. The average Bonchev–Trinajstić information content (AvgIpc) is 2.46. The molecule has 0 aliphatic heterocycles. The van der Waals surface area contributed by atoms with Gasteiger partial charge in [-0.25, -0.2) is 13.1 Å². The first-order chi connectivity index (χ1) is 9.90. The van der Waals surface area contributed by atoms with Gasteiger partial charge in [0.15, 0.2) is 0 Å². The Bertz CT molecular complexity index is 713. The molecule has 1 heterocycles. The van der Waals surface area contributed by atoms with Gasteiger partial charge in [0.25, 0.3) is 0 Å².